The van der Waals surface area contributed by atoms with Gasteiger partial charge in [0, 0.05) is 35.6 Å². The van der Waals surface area contributed by atoms with Gasteiger partial charge in [-0.15, -0.1) is 0 Å². The number of hydrogen-bond acceptors (Lipinski definition) is 6. The molecule has 0 amide bonds. The van der Waals surface area contributed by atoms with Crippen LogP contribution in [0.25, 0.3) is 0 Å². The van der Waals surface area contributed by atoms with Gasteiger partial charge in [0.2, 0.25) is 5.95 Å². The average Bonchev–Trinajstić information content (AvgIpc) is 2.84. The first kappa shape index (κ1) is 25.9. The number of benzene rings is 2. The molecule has 0 aliphatic rings. The van der Waals surface area contributed by atoms with Crippen molar-refractivity contribution in [3.8, 4) is 5.75 Å². The molecule has 0 fully saturated rings. The number of nitrogens with zero attached hydrogens (tertiary/aromatic N) is 4. The maximum Gasteiger partial charge on any atom is 0.355 e. The number of halogens is 2. The zero-order chi connectivity index (χ0) is 26.7. The molecule has 2 aromatic heterocycles. The molecule has 0 bridgehead atoms. The maximum absolute atomic E-state index is 14.6. The van der Waals surface area contributed by atoms with Crippen LogP contribution in [0.2, 0.25) is 5.02 Å². The minimum Gasteiger partial charge on any atom is -0.488 e. The highest BCUT2D eigenvalue weighted by atomic mass is 35.5. The van der Waals surface area contributed by atoms with Crippen molar-refractivity contribution in [3.05, 3.63) is 114 Å². The Morgan fingerprint density at radius 3 is 2.43 bits per heavy atom. The summed E-state index contributed by atoms with van der Waals surface area (Å²) in [5.74, 6) is -0.621. The zero-order valence-electron chi connectivity index (χ0n) is 20.4. The Balaban J connectivity index is 1.78. The molecule has 0 saturated heterocycles. The van der Waals surface area contributed by atoms with Crippen LogP contribution in [0.4, 0.5) is 16.0 Å². The lowest BCUT2D eigenvalue weighted by Crippen LogP contribution is -2.43. The van der Waals surface area contributed by atoms with Gasteiger partial charge in [0.15, 0.2) is 11.6 Å². The zero-order valence-corrected chi connectivity index (χ0v) is 21.2. The van der Waals surface area contributed by atoms with Gasteiger partial charge in [-0.25, -0.2) is 18.5 Å². The lowest BCUT2D eigenvalue weighted by molar-refractivity contribution is 0.231. The molecule has 4 aromatic rings. The van der Waals surface area contributed by atoms with Crippen LogP contribution in [0.15, 0.2) is 75.2 Å². The predicted octanol–water partition coefficient (Wildman–Crippen LogP) is 3.52. The Morgan fingerprint density at radius 1 is 1.03 bits per heavy atom. The van der Waals surface area contributed by atoms with E-state index in [-0.39, 0.29) is 47.7 Å². The van der Waals surface area contributed by atoms with E-state index in [1.807, 2.05) is 0 Å². The van der Waals surface area contributed by atoms with E-state index in [1.54, 1.807) is 69.6 Å². The van der Waals surface area contributed by atoms with Gasteiger partial charge in [-0.2, -0.15) is 4.98 Å². The highest BCUT2D eigenvalue weighted by Gasteiger charge is 2.17. The summed E-state index contributed by atoms with van der Waals surface area (Å²) in [6.07, 6.45) is 1.36. The number of pyridine rings is 1. The van der Waals surface area contributed by atoms with E-state index >= 15 is 0 Å². The average molecular weight is 526 g/mol. The van der Waals surface area contributed by atoms with Crippen molar-refractivity contribution < 1.29 is 9.13 Å². The van der Waals surface area contributed by atoms with E-state index in [0.717, 1.165) is 4.57 Å². The van der Waals surface area contributed by atoms with Gasteiger partial charge in [0.05, 0.1) is 19.2 Å². The molecule has 4 rings (SSSR count). The Labute approximate surface area is 216 Å². The molecule has 0 aliphatic carbocycles. The van der Waals surface area contributed by atoms with Crippen molar-refractivity contribution in [1.29, 1.82) is 0 Å². The van der Waals surface area contributed by atoms with E-state index in [1.165, 1.54) is 21.3 Å². The topological polar surface area (TPSA) is 100 Å². The van der Waals surface area contributed by atoms with Crippen molar-refractivity contribution in [1.82, 2.24) is 18.7 Å². The summed E-state index contributed by atoms with van der Waals surface area (Å²) < 4.78 is 23.5. The van der Waals surface area contributed by atoms with Gasteiger partial charge >= 0.3 is 11.4 Å². The van der Waals surface area contributed by atoms with E-state index in [0.29, 0.717) is 10.6 Å². The molecule has 11 heteroatoms. The lowest BCUT2D eigenvalue weighted by Gasteiger charge is -2.16. The van der Waals surface area contributed by atoms with E-state index in [9.17, 15) is 18.8 Å². The van der Waals surface area contributed by atoms with Gasteiger partial charge in [-0.05, 0) is 49.7 Å². The highest BCUT2D eigenvalue weighted by Crippen LogP contribution is 2.24. The van der Waals surface area contributed by atoms with Crippen LogP contribution < -0.4 is 27.0 Å². The summed E-state index contributed by atoms with van der Waals surface area (Å²) in [5.41, 5.74) is -0.648. The Hall–Kier alpha value is -4.18. The van der Waals surface area contributed by atoms with Crippen molar-refractivity contribution in [2.24, 2.45) is 7.05 Å². The fourth-order valence-corrected chi connectivity index (χ4v) is 3.80. The van der Waals surface area contributed by atoms with Crippen LogP contribution in [0.5, 0.6) is 5.75 Å². The lowest BCUT2D eigenvalue weighted by atomic mass is 10.2. The first-order chi connectivity index (χ1) is 17.6. The summed E-state index contributed by atoms with van der Waals surface area (Å²) in [6.45, 7) is 3.35. The van der Waals surface area contributed by atoms with Crippen LogP contribution in [-0.4, -0.2) is 24.8 Å². The van der Waals surface area contributed by atoms with Gasteiger partial charge in [-0.1, -0.05) is 29.8 Å². The van der Waals surface area contributed by atoms with Crippen LogP contribution in [0.1, 0.15) is 25.0 Å². The number of rotatable bonds is 8. The SMILES string of the molecule is CC(C)Oc1ccc(Nc2nc(=O)n(Cc3cccn(C)c3=O)c(=O)n2Cc2ccc(Cl)cc2)cc1F. The first-order valence-electron chi connectivity index (χ1n) is 11.5. The molecule has 0 aliphatic heterocycles. The molecule has 1 N–H and O–H groups in total. The summed E-state index contributed by atoms with van der Waals surface area (Å²) >= 11 is 5.99. The van der Waals surface area contributed by atoms with Gasteiger partial charge in [0.1, 0.15) is 0 Å². The fourth-order valence-electron chi connectivity index (χ4n) is 3.68. The minimum atomic E-state index is -0.856. The molecule has 0 spiro atoms. The van der Waals surface area contributed by atoms with Crippen molar-refractivity contribution in [2.75, 3.05) is 5.32 Å². The van der Waals surface area contributed by atoms with Crippen LogP contribution in [0, 0.1) is 5.82 Å². The molecule has 37 heavy (non-hydrogen) atoms. The third-order valence-corrected chi connectivity index (χ3v) is 5.74. The molecule has 0 saturated carbocycles. The molecule has 2 heterocycles. The number of aryl methyl sites for hydroxylation is 1. The van der Waals surface area contributed by atoms with Gasteiger partial charge < -0.3 is 14.6 Å². The molecular weight excluding hydrogens is 501 g/mol. The summed E-state index contributed by atoms with van der Waals surface area (Å²) in [5, 5.41) is 3.39. The normalized spacial score (nSPS) is 11.1. The Kier molecular flexibility index (Phi) is 7.58. The molecule has 9 nitrogen and oxygen atoms in total. The summed E-state index contributed by atoms with van der Waals surface area (Å²) in [4.78, 5) is 43.0. The second-order valence-corrected chi connectivity index (χ2v) is 9.12. The summed E-state index contributed by atoms with van der Waals surface area (Å²) in [7, 11) is 1.58. The van der Waals surface area contributed by atoms with E-state index < -0.39 is 17.2 Å². The number of hydrogen-bond donors (Lipinski definition) is 1. The van der Waals surface area contributed by atoms with Crippen molar-refractivity contribution >= 4 is 23.2 Å². The Morgan fingerprint density at radius 2 is 1.76 bits per heavy atom. The monoisotopic (exact) mass is 525 g/mol. The largest absolute Gasteiger partial charge is 0.488 e. The molecule has 192 valence electrons. The number of aromatic nitrogens is 4. The molecule has 0 radical (unpaired) electrons. The number of anilines is 2. The Bertz CT molecular complexity index is 1610. The second-order valence-electron chi connectivity index (χ2n) is 8.69. The van der Waals surface area contributed by atoms with Gasteiger partial charge in [0.25, 0.3) is 5.56 Å². The van der Waals surface area contributed by atoms with E-state index in [4.69, 9.17) is 16.3 Å². The number of ether oxygens (including phenoxy) is 1. The quantitative estimate of drug-likeness (QED) is 0.378. The van der Waals surface area contributed by atoms with Crippen LogP contribution in [-0.2, 0) is 20.1 Å². The third-order valence-electron chi connectivity index (χ3n) is 5.49. The van der Waals surface area contributed by atoms with Crippen LogP contribution >= 0.6 is 11.6 Å². The van der Waals surface area contributed by atoms with E-state index in [2.05, 4.69) is 10.3 Å². The standard InChI is InChI=1S/C26H25ClFN5O4/c1-16(2)37-22-11-10-20(13-21(22)28)29-24-30-25(35)33(15-18-5-4-12-31(3)23(18)34)26(36)32(24)14-17-6-8-19(27)9-7-17/h4-13,16H,14-15H2,1-3H3,(H,29,30,35). The molecular formula is C26H25ClFN5O4. The van der Waals surface area contributed by atoms with Crippen LogP contribution in [0.3, 0.4) is 0 Å². The predicted molar refractivity (Wildman–Crippen MR) is 140 cm³/mol. The van der Waals surface area contributed by atoms with Gasteiger partial charge in [-0.3, -0.25) is 9.36 Å². The molecule has 0 unspecified atom stereocenters. The highest BCUT2D eigenvalue weighted by molar-refractivity contribution is 6.30. The first-order valence-corrected chi connectivity index (χ1v) is 11.8. The maximum atomic E-state index is 14.6. The second kappa shape index (κ2) is 10.8. The van der Waals surface area contributed by atoms with Crippen molar-refractivity contribution in [2.45, 2.75) is 33.0 Å². The summed E-state index contributed by atoms with van der Waals surface area (Å²) in [6, 6.07) is 14.2. The smallest absolute Gasteiger partial charge is 0.355 e. The third kappa shape index (κ3) is 5.97. The minimum absolute atomic E-state index is 0.0371. The fraction of sp³-hybridized carbons (Fsp3) is 0.231. The molecule has 2 aromatic carbocycles. The van der Waals surface area contributed by atoms with Crippen molar-refractivity contribution in [3.63, 3.8) is 0 Å². The number of nitrogens with one attached hydrogen (secondary N) is 1. The molecule has 0 atom stereocenters.